The number of carbonyl (C=O) groups excluding carboxylic acids is 1. The zero-order valence-corrected chi connectivity index (χ0v) is 13.1. The molecular formula is C17H23NO3. The fourth-order valence-corrected chi connectivity index (χ4v) is 1.75. The highest BCUT2D eigenvalue weighted by molar-refractivity contribution is 5.95. The van der Waals surface area contributed by atoms with Crippen LogP contribution < -0.4 is 5.32 Å². The van der Waals surface area contributed by atoms with E-state index >= 15 is 0 Å². The number of amides is 1. The van der Waals surface area contributed by atoms with E-state index in [9.17, 15) is 9.59 Å². The van der Waals surface area contributed by atoms with Crippen LogP contribution in [0, 0.1) is 5.41 Å². The van der Waals surface area contributed by atoms with Crippen LogP contribution in [-0.2, 0) is 16.0 Å². The lowest BCUT2D eigenvalue weighted by atomic mass is 9.89. The minimum Gasteiger partial charge on any atom is -0.478 e. The molecule has 0 bridgehead atoms. The molecule has 0 aliphatic heterocycles. The van der Waals surface area contributed by atoms with Crippen LogP contribution in [0.2, 0.25) is 0 Å². The molecule has 0 aliphatic carbocycles. The van der Waals surface area contributed by atoms with E-state index in [0.717, 1.165) is 35.7 Å². The molecule has 0 atom stereocenters. The van der Waals surface area contributed by atoms with Crippen molar-refractivity contribution >= 4 is 23.6 Å². The third-order valence-electron chi connectivity index (χ3n) is 3.68. The molecule has 1 amide bonds. The van der Waals surface area contributed by atoms with Crippen molar-refractivity contribution in [2.45, 2.75) is 40.5 Å². The van der Waals surface area contributed by atoms with Gasteiger partial charge in [0.15, 0.2) is 0 Å². The maximum atomic E-state index is 12.2. The van der Waals surface area contributed by atoms with E-state index in [1.807, 2.05) is 39.8 Å². The molecule has 0 spiro atoms. The van der Waals surface area contributed by atoms with Crippen molar-refractivity contribution in [1.29, 1.82) is 0 Å². The first kappa shape index (κ1) is 17.0. The van der Waals surface area contributed by atoms with E-state index in [-0.39, 0.29) is 5.91 Å². The van der Waals surface area contributed by atoms with Gasteiger partial charge in [-0.05, 0) is 42.2 Å². The number of aliphatic carboxylic acids is 1. The van der Waals surface area contributed by atoms with Crippen LogP contribution in [0.3, 0.4) is 0 Å². The topological polar surface area (TPSA) is 66.4 Å². The average molecular weight is 289 g/mol. The number of aryl methyl sites for hydroxylation is 1. The van der Waals surface area contributed by atoms with Gasteiger partial charge >= 0.3 is 5.97 Å². The average Bonchev–Trinajstić information content (AvgIpc) is 2.45. The van der Waals surface area contributed by atoms with E-state index in [2.05, 4.69) is 5.32 Å². The van der Waals surface area contributed by atoms with Crippen LogP contribution in [0.5, 0.6) is 0 Å². The summed E-state index contributed by atoms with van der Waals surface area (Å²) in [5.41, 5.74) is 2.17. The van der Waals surface area contributed by atoms with E-state index in [0.29, 0.717) is 0 Å². The van der Waals surface area contributed by atoms with Crippen molar-refractivity contribution in [2.24, 2.45) is 5.41 Å². The number of nitrogens with one attached hydrogen (secondary N) is 1. The smallest absolute Gasteiger partial charge is 0.328 e. The van der Waals surface area contributed by atoms with Crippen molar-refractivity contribution in [3.8, 4) is 0 Å². The fraction of sp³-hybridized carbons (Fsp3) is 0.412. The Kier molecular flexibility index (Phi) is 5.70. The van der Waals surface area contributed by atoms with Crippen molar-refractivity contribution in [1.82, 2.24) is 0 Å². The van der Waals surface area contributed by atoms with Gasteiger partial charge in [0.2, 0.25) is 5.91 Å². The largest absolute Gasteiger partial charge is 0.478 e. The van der Waals surface area contributed by atoms with E-state index in [1.165, 1.54) is 0 Å². The zero-order valence-electron chi connectivity index (χ0n) is 13.1. The van der Waals surface area contributed by atoms with Gasteiger partial charge in [-0.25, -0.2) is 4.79 Å². The first-order valence-corrected chi connectivity index (χ1v) is 7.15. The Balaban J connectivity index is 2.99. The molecule has 0 radical (unpaired) electrons. The van der Waals surface area contributed by atoms with Gasteiger partial charge in [0.25, 0.3) is 0 Å². The number of benzene rings is 1. The predicted octanol–water partition coefficient (Wildman–Crippen LogP) is 3.72. The van der Waals surface area contributed by atoms with Gasteiger partial charge < -0.3 is 10.4 Å². The second-order valence-electron chi connectivity index (χ2n) is 5.63. The van der Waals surface area contributed by atoms with Crippen LogP contribution in [0.4, 0.5) is 5.69 Å². The molecule has 1 aromatic carbocycles. The monoisotopic (exact) mass is 289 g/mol. The SMILES string of the molecule is CCc1cc(/C=C/C(=O)O)ccc1NC(=O)C(C)(C)CC. The van der Waals surface area contributed by atoms with E-state index < -0.39 is 11.4 Å². The van der Waals surface area contributed by atoms with Crippen LogP contribution in [-0.4, -0.2) is 17.0 Å². The molecular weight excluding hydrogens is 266 g/mol. The van der Waals surface area contributed by atoms with E-state index in [4.69, 9.17) is 5.11 Å². The quantitative estimate of drug-likeness (QED) is 0.784. The minimum atomic E-state index is -0.977. The standard InChI is InChI=1S/C17H23NO3/c1-5-13-11-12(8-10-15(19)20)7-9-14(13)18-16(21)17(3,4)6-2/h7-11H,5-6H2,1-4H3,(H,18,21)(H,19,20)/b10-8+. The molecule has 0 aliphatic rings. The summed E-state index contributed by atoms with van der Waals surface area (Å²) in [4.78, 5) is 22.8. The lowest BCUT2D eigenvalue weighted by Gasteiger charge is -2.22. The summed E-state index contributed by atoms with van der Waals surface area (Å²) in [5.74, 6) is -0.983. The minimum absolute atomic E-state index is 0.00599. The maximum absolute atomic E-state index is 12.2. The molecule has 0 saturated carbocycles. The zero-order chi connectivity index (χ0) is 16.0. The number of carbonyl (C=O) groups is 2. The van der Waals surface area contributed by atoms with Crippen LogP contribution in [0.15, 0.2) is 24.3 Å². The number of hydrogen-bond acceptors (Lipinski definition) is 2. The molecule has 0 saturated heterocycles. The molecule has 0 unspecified atom stereocenters. The number of rotatable bonds is 6. The molecule has 114 valence electrons. The molecule has 0 aromatic heterocycles. The molecule has 0 heterocycles. The van der Waals surface area contributed by atoms with Gasteiger partial charge in [0.05, 0.1) is 0 Å². The highest BCUT2D eigenvalue weighted by Gasteiger charge is 2.25. The van der Waals surface area contributed by atoms with Gasteiger partial charge in [0, 0.05) is 17.2 Å². The van der Waals surface area contributed by atoms with E-state index in [1.54, 1.807) is 12.1 Å². The van der Waals surface area contributed by atoms with Gasteiger partial charge in [-0.15, -0.1) is 0 Å². The first-order valence-electron chi connectivity index (χ1n) is 7.15. The lowest BCUT2D eigenvalue weighted by molar-refractivity contribution is -0.131. The molecule has 4 heteroatoms. The highest BCUT2D eigenvalue weighted by Crippen LogP contribution is 2.25. The second-order valence-corrected chi connectivity index (χ2v) is 5.63. The van der Waals surface area contributed by atoms with Crippen LogP contribution in [0.1, 0.15) is 45.2 Å². The molecule has 0 fully saturated rings. The number of hydrogen-bond donors (Lipinski definition) is 2. The summed E-state index contributed by atoms with van der Waals surface area (Å²) >= 11 is 0. The van der Waals surface area contributed by atoms with Gasteiger partial charge in [-0.1, -0.05) is 33.8 Å². The Morgan fingerprint density at radius 3 is 2.48 bits per heavy atom. The predicted molar refractivity (Wildman–Crippen MR) is 85.2 cm³/mol. The highest BCUT2D eigenvalue weighted by atomic mass is 16.4. The van der Waals surface area contributed by atoms with Gasteiger partial charge in [-0.2, -0.15) is 0 Å². The molecule has 1 aromatic rings. The summed E-state index contributed by atoms with van der Waals surface area (Å²) in [6.45, 7) is 7.82. The summed E-state index contributed by atoms with van der Waals surface area (Å²) in [6, 6.07) is 5.52. The summed E-state index contributed by atoms with van der Waals surface area (Å²) in [5, 5.41) is 11.6. The molecule has 4 nitrogen and oxygen atoms in total. The van der Waals surface area contributed by atoms with Crippen molar-refractivity contribution in [3.05, 3.63) is 35.4 Å². The second kappa shape index (κ2) is 7.07. The fourth-order valence-electron chi connectivity index (χ4n) is 1.75. The number of anilines is 1. The molecule has 1 rings (SSSR count). The maximum Gasteiger partial charge on any atom is 0.328 e. The Morgan fingerprint density at radius 1 is 1.29 bits per heavy atom. The van der Waals surface area contributed by atoms with Crippen molar-refractivity contribution in [3.63, 3.8) is 0 Å². The normalized spacial score (nSPS) is 11.6. The number of carboxylic acids is 1. The Bertz CT molecular complexity index is 559. The summed E-state index contributed by atoms with van der Waals surface area (Å²) in [7, 11) is 0. The third-order valence-corrected chi connectivity index (χ3v) is 3.68. The summed E-state index contributed by atoms with van der Waals surface area (Å²) in [6.07, 6.45) is 4.17. The van der Waals surface area contributed by atoms with Crippen molar-refractivity contribution < 1.29 is 14.7 Å². The Labute approximate surface area is 125 Å². The van der Waals surface area contributed by atoms with Crippen LogP contribution >= 0.6 is 0 Å². The Morgan fingerprint density at radius 2 is 1.95 bits per heavy atom. The summed E-state index contributed by atoms with van der Waals surface area (Å²) < 4.78 is 0. The van der Waals surface area contributed by atoms with Gasteiger partial charge in [-0.3, -0.25) is 4.79 Å². The Hall–Kier alpha value is -2.10. The van der Waals surface area contributed by atoms with Gasteiger partial charge in [0.1, 0.15) is 0 Å². The first-order chi connectivity index (χ1) is 9.80. The third kappa shape index (κ3) is 4.74. The lowest BCUT2D eigenvalue weighted by Crippen LogP contribution is -2.30. The molecule has 2 N–H and O–H groups in total. The van der Waals surface area contributed by atoms with Crippen molar-refractivity contribution in [2.75, 3.05) is 5.32 Å². The molecule has 21 heavy (non-hydrogen) atoms. The number of carboxylic acid groups (broad SMARTS) is 1. The van der Waals surface area contributed by atoms with Crippen LogP contribution in [0.25, 0.3) is 6.08 Å².